The maximum absolute atomic E-state index is 6.01. The van der Waals surface area contributed by atoms with Gasteiger partial charge in [0.1, 0.15) is 12.4 Å². The Balaban J connectivity index is 1.33. The van der Waals surface area contributed by atoms with Crippen molar-refractivity contribution in [3.05, 3.63) is 53.2 Å². The van der Waals surface area contributed by atoms with E-state index in [-0.39, 0.29) is 6.10 Å². The highest BCUT2D eigenvalue weighted by atomic mass is 16.5. The van der Waals surface area contributed by atoms with Gasteiger partial charge in [-0.15, -0.1) is 0 Å². The highest BCUT2D eigenvalue weighted by Gasteiger charge is 2.30. The molecule has 6 rings (SSSR count). The van der Waals surface area contributed by atoms with Crippen LogP contribution in [0.3, 0.4) is 0 Å². The molecule has 0 amide bonds. The van der Waals surface area contributed by atoms with Gasteiger partial charge in [-0.1, -0.05) is 30.3 Å². The number of hydrogen-bond donors (Lipinski definition) is 0. The van der Waals surface area contributed by atoms with Gasteiger partial charge in [0.05, 0.1) is 18.3 Å². The summed E-state index contributed by atoms with van der Waals surface area (Å²) in [6.07, 6.45) is 3.28. The molecule has 4 heterocycles. The molecular weight excluding hydrogens is 388 g/mol. The summed E-state index contributed by atoms with van der Waals surface area (Å²) in [7, 11) is 0. The Bertz CT molecular complexity index is 1120. The summed E-state index contributed by atoms with van der Waals surface area (Å²) in [5, 5.41) is 2.62. The number of fused-ring (bicyclic) bond motifs is 2. The van der Waals surface area contributed by atoms with Crippen molar-refractivity contribution in [3.63, 3.8) is 0 Å². The van der Waals surface area contributed by atoms with Gasteiger partial charge in [0, 0.05) is 42.9 Å². The van der Waals surface area contributed by atoms with E-state index >= 15 is 0 Å². The molecule has 160 valence electrons. The first kappa shape index (κ1) is 18.9. The van der Waals surface area contributed by atoms with E-state index in [0.717, 1.165) is 63.6 Å². The van der Waals surface area contributed by atoms with Gasteiger partial charge < -0.3 is 19.3 Å². The second-order valence-electron chi connectivity index (χ2n) is 8.81. The number of nitrogens with zero attached hydrogens (tertiary/aromatic N) is 4. The minimum absolute atomic E-state index is 0.166. The third kappa shape index (κ3) is 3.59. The zero-order valence-corrected chi connectivity index (χ0v) is 18.0. The average Bonchev–Trinajstić information content (AvgIpc) is 3.51. The first-order chi connectivity index (χ1) is 15.3. The monoisotopic (exact) mass is 416 g/mol. The van der Waals surface area contributed by atoms with Crippen LogP contribution >= 0.6 is 0 Å². The highest BCUT2D eigenvalue weighted by molar-refractivity contribution is 5.97. The van der Waals surface area contributed by atoms with Crippen LogP contribution in [0.2, 0.25) is 0 Å². The zero-order chi connectivity index (χ0) is 20.8. The van der Waals surface area contributed by atoms with Gasteiger partial charge in [-0.05, 0) is 43.2 Å². The SMILES string of the molecule is Cc1cccc2cccc(N3CCc4c(nc(OC[C@@H]5CCCO5)nc4N4CC4)C3)c12. The topological polar surface area (TPSA) is 50.5 Å². The van der Waals surface area contributed by atoms with Crippen molar-refractivity contribution in [3.8, 4) is 6.01 Å². The average molecular weight is 417 g/mol. The Hall–Kier alpha value is -2.86. The molecule has 2 fully saturated rings. The lowest BCUT2D eigenvalue weighted by molar-refractivity contribution is 0.0644. The third-order valence-electron chi connectivity index (χ3n) is 6.62. The first-order valence-electron chi connectivity index (χ1n) is 11.4. The van der Waals surface area contributed by atoms with Crippen LogP contribution in [0.25, 0.3) is 10.8 Å². The molecule has 0 bridgehead atoms. The van der Waals surface area contributed by atoms with Crippen LogP contribution in [0.5, 0.6) is 6.01 Å². The maximum atomic E-state index is 6.01. The molecule has 3 aromatic rings. The number of anilines is 2. The number of benzene rings is 2. The van der Waals surface area contributed by atoms with E-state index in [0.29, 0.717) is 12.6 Å². The fourth-order valence-electron chi connectivity index (χ4n) is 4.89. The normalized spacial score (nSPS) is 20.2. The Morgan fingerprint density at radius 3 is 2.74 bits per heavy atom. The second kappa shape index (κ2) is 7.68. The Labute approximate surface area is 182 Å². The van der Waals surface area contributed by atoms with E-state index in [1.54, 1.807) is 0 Å². The number of aromatic nitrogens is 2. The lowest BCUT2D eigenvalue weighted by Crippen LogP contribution is -2.32. The van der Waals surface area contributed by atoms with E-state index in [1.165, 1.54) is 27.6 Å². The van der Waals surface area contributed by atoms with Gasteiger partial charge in [0.2, 0.25) is 0 Å². The number of ether oxygens (including phenoxy) is 2. The van der Waals surface area contributed by atoms with Gasteiger partial charge in [-0.2, -0.15) is 9.97 Å². The summed E-state index contributed by atoms with van der Waals surface area (Å²) in [4.78, 5) is 14.4. The summed E-state index contributed by atoms with van der Waals surface area (Å²) in [6.45, 7) is 7.45. The second-order valence-corrected chi connectivity index (χ2v) is 8.81. The molecule has 0 radical (unpaired) electrons. The first-order valence-corrected chi connectivity index (χ1v) is 11.4. The van der Waals surface area contributed by atoms with Crippen molar-refractivity contribution in [1.29, 1.82) is 0 Å². The molecule has 0 saturated carbocycles. The smallest absolute Gasteiger partial charge is 0.318 e. The van der Waals surface area contributed by atoms with Gasteiger partial charge in [0.25, 0.3) is 0 Å². The van der Waals surface area contributed by atoms with Crippen LogP contribution < -0.4 is 14.5 Å². The zero-order valence-electron chi connectivity index (χ0n) is 18.0. The molecule has 6 nitrogen and oxygen atoms in total. The van der Waals surface area contributed by atoms with E-state index in [4.69, 9.17) is 19.4 Å². The molecule has 31 heavy (non-hydrogen) atoms. The van der Waals surface area contributed by atoms with E-state index < -0.39 is 0 Å². The molecule has 0 unspecified atom stereocenters. The summed E-state index contributed by atoms with van der Waals surface area (Å²) in [6, 6.07) is 13.6. The number of aryl methyl sites for hydroxylation is 1. The van der Waals surface area contributed by atoms with Crippen LogP contribution in [0, 0.1) is 6.92 Å². The van der Waals surface area contributed by atoms with Crippen molar-refractivity contribution in [1.82, 2.24) is 9.97 Å². The van der Waals surface area contributed by atoms with Crippen LogP contribution in [-0.2, 0) is 17.7 Å². The van der Waals surface area contributed by atoms with Crippen molar-refractivity contribution in [2.75, 3.05) is 42.6 Å². The fourth-order valence-corrected chi connectivity index (χ4v) is 4.89. The predicted octanol–water partition coefficient (Wildman–Crippen LogP) is 3.88. The van der Waals surface area contributed by atoms with E-state index in [2.05, 4.69) is 53.1 Å². The molecule has 2 aromatic carbocycles. The van der Waals surface area contributed by atoms with Gasteiger partial charge >= 0.3 is 6.01 Å². The van der Waals surface area contributed by atoms with Crippen molar-refractivity contribution in [2.45, 2.75) is 38.8 Å². The standard InChI is InChI=1S/C25H28N4O2/c1-17-5-2-6-18-7-3-9-22(23(17)18)29-11-10-20-21(15-29)26-25(27-24(20)28-12-13-28)31-16-19-8-4-14-30-19/h2-3,5-7,9,19H,4,8,10-16H2,1H3/t19-/m0/s1. The van der Waals surface area contributed by atoms with Gasteiger partial charge in [0.15, 0.2) is 0 Å². The minimum Gasteiger partial charge on any atom is -0.461 e. The quantitative estimate of drug-likeness (QED) is 0.589. The van der Waals surface area contributed by atoms with Gasteiger partial charge in [-0.3, -0.25) is 0 Å². The van der Waals surface area contributed by atoms with Crippen molar-refractivity contribution in [2.24, 2.45) is 0 Å². The molecule has 0 N–H and O–H groups in total. The summed E-state index contributed by atoms with van der Waals surface area (Å²) >= 11 is 0. The number of rotatable bonds is 5. The molecule has 0 spiro atoms. The van der Waals surface area contributed by atoms with E-state index in [1.807, 2.05) is 0 Å². The molecule has 3 aliphatic rings. The third-order valence-corrected chi connectivity index (χ3v) is 6.62. The largest absolute Gasteiger partial charge is 0.461 e. The Morgan fingerprint density at radius 1 is 1.06 bits per heavy atom. The van der Waals surface area contributed by atoms with Crippen molar-refractivity contribution >= 4 is 22.3 Å². The lowest BCUT2D eigenvalue weighted by atomic mass is 10.00. The van der Waals surface area contributed by atoms with Gasteiger partial charge in [-0.25, -0.2) is 0 Å². The molecule has 0 aliphatic carbocycles. The maximum Gasteiger partial charge on any atom is 0.318 e. The Morgan fingerprint density at radius 2 is 1.94 bits per heavy atom. The fraction of sp³-hybridized carbons (Fsp3) is 0.440. The molecule has 1 atom stereocenters. The Kier molecular flexibility index (Phi) is 4.68. The summed E-state index contributed by atoms with van der Waals surface area (Å²) < 4.78 is 11.7. The summed E-state index contributed by atoms with van der Waals surface area (Å²) in [5.74, 6) is 1.07. The summed E-state index contributed by atoms with van der Waals surface area (Å²) in [5.41, 5.74) is 4.98. The van der Waals surface area contributed by atoms with Crippen LogP contribution in [-0.4, -0.2) is 48.9 Å². The molecule has 2 saturated heterocycles. The molecule has 6 heteroatoms. The van der Waals surface area contributed by atoms with Crippen LogP contribution in [0.1, 0.15) is 29.7 Å². The van der Waals surface area contributed by atoms with Crippen LogP contribution in [0.15, 0.2) is 36.4 Å². The molecular formula is C25H28N4O2. The lowest BCUT2D eigenvalue weighted by Gasteiger charge is -2.32. The predicted molar refractivity (Wildman–Crippen MR) is 122 cm³/mol. The van der Waals surface area contributed by atoms with E-state index in [9.17, 15) is 0 Å². The van der Waals surface area contributed by atoms with Crippen LogP contribution in [0.4, 0.5) is 11.5 Å². The van der Waals surface area contributed by atoms with Crippen molar-refractivity contribution < 1.29 is 9.47 Å². The number of hydrogen-bond acceptors (Lipinski definition) is 6. The molecule has 1 aromatic heterocycles. The highest BCUT2D eigenvalue weighted by Crippen LogP contribution is 2.36. The molecule has 3 aliphatic heterocycles. The minimum atomic E-state index is 0.166.